The first kappa shape index (κ1) is 16.5. The summed E-state index contributed by atoms with van der Waals surface area (Å²) in [5, 5.41) is 0. The topological polar surface area (TPSA) is 44.1 Å². The molecule has 2 heterocycles. The van der Waals surface area contributed by atoms with Crippen molar-refractivity contribution >= 4 is 22.9 Å². The van der Waals surface area contributed by atoms with Crippen LogP contribution in [0.25, 0.3) is 16.6 Å². The van der Waals surface area contributed by atoms with Crippen molar-refractivity contribution in [1.82, 2.24) is 9.55 Å². The van der Waals surface area contributed by atoms with E-state index < -0.39 is 0 Å². The maximum absolute atomic E-state index is 12.2. The molecule has 0 bridgehead atoms. The molecule has 28 heavy (non-hydrogen) atoms. The zero-order valence-electron chi connectivity index (χ0n) is 15.2. The van der Waals surface area contributed by atoms with Crippen LogP contribution in [-0.2, 0) is 11.3 Å². The Balaban J connectivity index is 1.68. The number of fused-ring (bicyclic) bond motifs is 2. The zero-order valence-corrected chi connectivity index (χ0v) is 15.2. The average molecular weight is 366 g/mol. The Morgan fingerprint density at radius 2 is 1.68 bits per heavy atom. The minimum Gasteiger partial charge on any atom is -0.459 e. The zero-order chi connectivity index (χ0) is 18.9. The van der Waals surface area contributed by atoms with Crippen LogP contribution in [0.4, 0.5) is 0 Å². The van der Waals surface area contributed by atoms with Gasteiger partial charge in [0.05, 0.1) is 29.8 Å². The van der Waals surface area contributed by atoms with Gasteiger partial charge in [-0.2, -0.15) is 0 Å². The van der Waals surface area contributed by atoms with E-state index in [0.717, 1.165) is 45.5 Å². The van der Waals surface area contributed by atoms with E-state index in [1.807, 2.05) is 85.2 Å². The van der Waals surface area contributed by atoms with Gasteiger partial charge in [0, 0.05) is 11.1 Å². The van der Waals surface area contributed by atoms with Crippen LogP contribution in [-0.4, -0.2) is 15.8 Å². The van der Waals surface area contributed by atoms with Crippen molar-refractivity contribution in [3.63, 3.8) is 0 Å². The van der Waals surface area contributed by atoms with Gasteiger partial charge in [-0.05, 0) is 23.8 Å². The molecule has 1 aromatic heterocycles. The Labute approximate surface area is 162 Å². The highest BCUT2D eigenvalue weighted by molar-refractivity contribution is 5.90. The Morgan fingerprint density at radius 3 is 2.54 bits per heavy atom. The minimum atomic E-state index is -0.364. The highest BCUT2D eigenvalue weighted by atomic mass is 16.5. The number of ether oxygens (including phenoxy) is 1. The lowest BCUT2D eigenvalue weighted by atomic mass is 9.84. The van der Waals surface area contributed by atoms with Gasteiger partial charge in [-0.15, -0.1) is 0 Å². The van der Waals surface area contributed by atoms with Crippen LogP contribution in [0.15, 0.2) is 90.9 Å². The molecule has 1 unspecified atom stereocenters. The Bertz CT molecular complexity index is 1190. The lowest BCUT2D eigenvalue weighted by Crippen LogP contribution is -2.19. The number of nitrogens with zero attached hydrogens (tertiary/aromatic N) is 2. The van der Waals surface area contributed by atoms with Crippen molar-refractivity contribution in [1.29, 1.82) is 0 Å². The van der Waals surface area contributed by atoms with Crippen LogP contribution in [0.2, 0.25) is 0 Å². The van der Waals surface area contributed by atoms with Crippen LogP contribution in [0.1, 0.15) is 17.0 Å². The molecule has 136 valence electrons. The lowest BCUT2D eigenvalue weighted by molar-refractivity contribution is -0.108. The molecule has 4 nitrogen and oxygen atoms in total. The summed E-state index contributed by atoms with van der Waals surface area (Å²) in [6.07, 6.45) is 2.83. The number of carbonyl (C=O) groups excluding carboxylic acids is 1. The Kier molecular flexibility index (Phi) is 4.02. The standard InChI is InChI=1S/C24H18N2O2/c27-15-19-18-10-4-7-13-22(18)28-23(24(19)17-8-2-1-3-9-17)14-26-16-25-20-11-5-6-12-21(20)26/h1-13,15-16,19H,14H2. The summed E-state index contributed by atoms with van der Waals surface area (Å²) in [5.74, 6) is 1.14. The third-order valence-corrected chi connectivity index (χ3v) is 5.16. The molecule has 1 aliphatic heterocycles. The van der Waals surface area contributed by atoms with Gasteiger partial charge in [-0.3, -0.25) is 0 Å². The number of hydrogen-bond acceptors (Lipinski definition) is 3. The van der Waals surface area contributed by atoms with Crippen molar-refractivity contribution in [2.24, 2.45) is 0 Å². The van der Waals surface area contributed by atoms with Crippen molar-refractivity contribution in [3.8, 4) is 5.75 Å². The highest BCUT2D eigenvalue weighted by Crippen LogP contribution is 2.43. The normalized spacial score (nSPS) is 15.9. The van der Waals surface area contributed by atoms with Crippen LogP contribution < -0.4 is 4.74 Å². The number of imidazole rings is 1. The molecule has 4 heteroatoms. The summed E-state index contributed by atoms with van der Waals surface area (Å²) < 4.78 is 8.38. The second-order valence-electron chi connectivity index (χ2n) is 6.82. The summed E-state index contributed by atoms with van der Waals surface area (Å²) in [6, 6.07) is 25.7. The summed E-state index contributed by atoms with van der Waals surface area (Å²) in [7, 11) is 0. The minimum absolute atomic E-state index is 0.364. The van der Waals surface area contributed by atoms with Crippen LogP contribution in [0.5, 0.6) is 5.75 Å². The number of carbonyl (C=O) groups is 1. The maximum Gasteiger partial charge on any atom is 0.132 e. The van der Waals surface area contributed by atoms with E-state index in [9.17, 15) is 4.79 Å². The number of allylic oxidation sites excluding steroid dienone is 2. The molecule has 0 spiro atoms. The van der Waals surface area contributed by atoms with Crippen LogP contribution >= 0.6 is 0 Å². The maximum atomic E-state index is 12.2. The summed E-state index contributed by atoms with van der Waals surface area (Å²) in [6.45, 7) is 0.503. The molecule has 1 aliphatic rings. The van der Waals surface area contributed by atoms with E-state index in [1.54, 1.807) is 0 Å². The number of para-hydroxylation sites is 3. The smallest absolute Gasteiger partial charge is 0.132 e. The van der Waals surface area contributed by atoms with Gasteiger partial charge in [0.15, 0.2) is 0 Å². The van der Waals surface area contributed by atoms with Gasteiger partial charge in [0.2, 0.25) is 0 Å². The SMILES string of the molecule is O=CC1C(c2ccccc2)=C(Cn2cnc3ccccc32)Oc2ccccc21. The fraction of sp³-hybridized carbons (Fsp3) is 0.0833. The Hall–Kier alpha value is -3.66. The quantitative estimate of drug-likeness (QED) is 0.486. The van der Waals surface area contributed by atoms with Crippen molar-refractivity contribution < 1.29 is 9.53 Å². The number of aldehydes is 1. The monoisotopic (exact) mass is 366 g/mol. The molecular formula is C24H18N2O2. The number of benzene rings is 3. The van der Waals surface area contributed by atoms with Gasteiger partial charge < -0.3 is 14.1 Å². The lowest BCUT2D eigenvalue weighted by Gasteiger charge is -2.28. The number of aromatic nitrogens is 2. The molecule has 0 fully saturated rings. The molecule has 1 atom stereocenters. The van der Waals surface area contributed by atoms with Gasteiger partial charge in [-0.25, -0.2) is 4.98 Å². The summed E-state index contributed by atoms with van der Waals surface area (Å²) in [5.41, 5.74) is 4.77. The first-order valence-corrected chi connectivity index (χ1v) is 9.25. The Morgan fingerprint density at radius 1 is 0.929 bits per heavy atom. The molecule has 0 saturated heterocycles. The first-order valence-electron chi connectivity index (χ1n) is 9.25. The largest absolute Gasteiger partial charge is 0.459 e. The predicted octanol–water partition coefficient (Wildman–Crippen LogP) is 4.82. The third-order valence-electron chi connectivity index (χ3n) is 5.16. The van der Waals surface area contributed by atoms with Gasteiger partial charge in [0.25, 0.3) is 0 Å². The second kappa shape index (κ2) is 6.82. The van der Waals surface area contributed by atoms with Gasteiger partial charge in [-0.1, -0.05) is 60.7 Å². The molecular weight excluding hydrogens is 348 g/mol. The first-order chi connectivity index (χ1) is 13.8. The fourth-order valence-corrected chi connectivity index (χ4v) is 3.86. The highest BCUT2D eigenvalue weighted by Gasteiger charge is 2.30. The molecule has 0 aliphatic carbocycles. The van der Waals surface area contributed by atoms with Gasteiger partial charge in [0.1, 0.15) is 17.8 Å². The predicted molar refractivity (Wildman–Crippen MR) is 109 cm³/mol. The molecule has 0 saturated carbocycles. The van der Waals surface area contributed by atoms with E-state index in [4.69, 9.17) is 4.74 Å². The number of hydrogen-bond donors (Lipinski definition) is 0. The van der Waals surface area contributed by atoms with E-state index >= 15 is 0 Å². The molecule has 0 radical (unpaired) electrons. The van der Waals surface area contributed by atoms with E-state index in [2.05, 4.69) is 9.55 Å². The van der Waals surface area contributed by atoms with Crippen LogP contribution in [0, 0.1) is 0 Å². The van der Waals surface area contributed by atoms with Crippen molar-refractivity contribution in [3.05, 3.63) is 102 Å². The van der Waals surface area contributed by atoms with E-state index in [1.165, 1.54) is 0 Å². The van der Waals surface area contributed by atoms with Gasteiger partial charge >= 0.3 is 0 Å². The molecule has 0 amide bonds. The van der Waals surface area contributed by atoms with Crippen molar-refractivity contribution in [2.45, 2.75) is 12.5 Å². The van der Waals surface area contributed by atoms with Crippen LogP contribution in [0.3, 0.4) is 0 Å². The molecule has 3 aromatic carbocycles. The van der Waals surface area contributed by atoms with E-state index in [-0.39, 0.29) is 5.92 Å². The van der Waals surface area contributed by atoms with Crippen molar-refractivity contribution in [2.75, 3.05) is 0 Å². The molecule has 4 aromatic rings. The molecule has 0 N–H and O–H groups in total. The summed E-state index contributed by atoms with van der Waals surface area (Å²) in [4.78, 5) is 16.6. The molecule has 5 rings (SSSR count). The summed E-state index contributed by atoms with van der Waals surface area (Å²) >= 11 is 0. The number of rotatable bonds is 4. The second-order valence-corrected chi connectivity index (χ2v) is 6.82. The fourth-order valence-electron chi connectivity index (χ4n) is 3.86. The van der Waals surface area contributed by atoms with E-state index in [0.29, 0.717) is 6.54 Å². The average Bonchev–Trinajstić information content (AvgIpc) is 3.16. The third kappa shape index (κ3) is 2.70.